The lowest BCUT2D eigenvalue weighted by molar-refractivity contribution is 0.249. The van der Waals surface area contributed by atoms with Crippen LogP contribution in [0.3, 0.4) is 0 Å². The Balaban J connectivity index is 3.12. The molecule has 0 saturated heterocycles. The number of nitrogens with one attached hydrogen (secondary N) is 1. The summed E-state index contributed by atoms with van der Waals surface area (Å²) in [5, 5.41) is 3.29. The third-order valence-electron chi connectivity index (χ3n) is 1.58. The van der Waals surface area contributed by atoms with Crippen molar-refractivity contribution in [2.75, 3.05) is 0 Å². The van der Waals surface area contributed by atoms with Crippen LogP contribution in [0.4, 0.5) is 4.79 Å². The molecule has 86 valence electrons. The zero-order valence-electron chi connectivity index (χ0n) is 8.07. The number of primary amides is 1. The van der Waals surface area contributed by atoms with E-state index in [1.807, 2.05) is 0 Å². The highest BCUT2D eigenvalue weighted by Crippen LogP contribution is 2.39. The van der Waals surface area contributed by atoms with Gasteiger partial charge >= 0.3 is 13.6 Å². The number of carbonyl (C=O) groups is 1. The lowest BCUT2D eigenvalue weighted by Gasteiger charge is -2.07. The van der Waals surface area contributed by atoms with Crippen LogP contribution in [0.25, 0.3) is 0 Å². The van der Waals surface area contributed by atoms with E-state index in [2.05, 4.69) is 5.10 Å². The van der Waals surface area contributed by atoms with Gasteiger partial charge in [-0.1, -0.05) is 30.3 Å². The maximum atomic E-state index is 11.1. The molecule has 0 saturated carbocycles. The summed E-state index contributed by atoms with van der Waals surface area (Å²) in [6.07, 6.45) is 0. The monoisotopic (exact) mass is 243 g/mol. The predicted octanol–water partition coefficient (Wildman–Crippen LogP) is 0.194. The second-order valence-electron chi connectivity index (χ2n) is 2.82. The third kappa shape index (κ3) is 3.47. The van der Waals surface area contributed by atoms with E-state index in [0.717, 1.165) is 0 Å². The summed E-state index contributed by atoms with van der Waals surface area (Å²) in [5.74, 6) is 0. The van der Waals surface area contributed by atoms with E-state index < -0.39 is 19.1 Å². The number of nitrogens with two attached hydrogens (primary N) is 1. The topological polar surface area (TPSA) is 125 Å². The van der Waals surface area contributed by atoms with Gasteiger partial charge < -0.3 is 15.5 Å². The van der Waals surface area contributed by atoms with Crippen LogP contribution < -0.4 is 11.2 Å². The SMILES string of the molecule is NC(=O)N/N=C(\c1ccccc1)P(=O)(O)O. The number of urea groups is 1. The van der Waals surface area contributed by atoms with Crippen molar-refractivity contribution in [3.8, 4) is 0 Å². The van der Waals surface area contributed by atoms with Crippen molar-refractivity contribution in [1.29, 1.82) is 0 Å². The summed E-state index contributed by atoms with van der Waals surface area (Å²) in [4.78, 5) is 28.5. The quantitative estimate of drug-likeness (QED) is 0.343. The molecule has 0 aliphatic carbocycles. The van der Waals surface area contributed by atoms with Crippen LogP contribution in [-0.4, -0.2) is 21.3 Å². The molecule has 1 aromatic carbocycles. The summed E-state index contributed by atoms with van der Waals surface area (Å²) in [6, 6.07) is 6.78. The van der Waals surface area contributed by atoms with Gasteiger partial charge in [-0.25, -0.2) is 10.2 Å². The molecule has 0 aliphatic rings. The molecule has 0 spiro atoms. The number of hydrogen-bond donors (Lipinski definition) is 4. The fraction of sp³-hybridized carbons (Fsp3) is 0. The smallest absolute Gasteiger partial charge is 0.350 e. The molecule has 0 atom stereocenters. The van der Waals surface area contributed by atoms with Gasteiger partial charge in [-0.3, -0.25) is 4.57 Å². The first kappa shape index (κ1) is 12.4. The Morgan fingerprint density at radius 1 is 1.31 bits per heavy atom. The van der Waals surface area contributed by atoms with E-state index in [0.29, 0.717) is 0 Å². The van der Waals surface area contributed by atoms with E-state index >= 15 is 0 Å². The summed E-state index contributed by atoms with van der Waals surface area (Å²) < 4.78 is 11.1. The average molecular weight is 243 g/mol. The molecule has 0 unspecified atom stereocenters. The van der Waals surface area contributed by atoms with Crippen LogP contribution in [-0.2, 0) is 4.57 Å². The van der Waals surface area contributed by atoms with Crippen LogP contribution in [0.15, 0.2) is 35.4 Å². The number of rotatable bonds is 3. The van der Waals surface area contributed by atoms with Gasteiger partial charge in [-0.15, -0.1) is 0 Å². The molecule has 7 nitrogen and oxygen atoms in total. The van der Waals surface area contributed by atoms with Crippen molar-refractivity contribution in [2.24, 2.45) is 10.8 Å². The first-order chi connectivity index (χ1) is 7.41. The minimum Gasteiger partial charge on any atom is -0.350 e. The highest BCUT2D eigenvalue weighted by Gasteiger charge is 2.25. The molecular formula is C8H10N3O4P. The Kier molecular flexibility index (Phi) is 3.78. The lowest BCUT2D eigenvalue weighted by Crippen LogP contribution is -2.26. The molecule has 0 fully saturated rings. The van der Waals surface area contributed by atoms with Gasteiger partial charge in [-0.2, -0.15) is 5.10 Å². The summed E-state index contributed by atoms with van der Waals surface area (Å²) in [7, 11) is -4.57. The molecular weight excluding hydrogens is 233 g/mol. The first-order valence-corrected chi connectivity index (χ1v) is 5.77. The van der Waals surface area contributed by atoms with Crippen LogP contribution in [0.5, 0.6) is 0 Å². The summed E-state index contributed by atoms with van der Waals surface area (Å²) in [5.41, 5.74) is 6.21. The van der Waals surface area contributed by atoms with E-state index in [1.165, 1.54) is 12.1 Å². The van der Waals surface area contributed by atoms with Crippen molar-refractivity contribution in [3.05, 3.63) is 35.9 Å². The van der Waals surface area contributed by atoms with Crippen molar-refractivity contribution >= 4 is 19.1 Å². The molecule has 1 rings (SSSR count). The molecule has 0 aromatic heterocycles. The minimum atomic E-state index is -4.57. The zero-order chi connectivity index (χ0) is 12.2. The van der Waals surface area contributed by atoms with E-state index in [9.17, 15) is 9.36 Å². The number of benzene rings is 1. The normalized spacial score (nSPS) is 12.2. The van der Waals surface area contributed by atoms with E-state index in [4.69, 9.17) is 15.5 Å². The van der Waals surface area contributed by atoms with Gasteiger partial charge in [0.25, 0.3) is 0 Å². The van der Waals surface area contributed by atoms with Gasteiger partial charge in [0.05, 0.1) is 0 Å². The van der Waals surface area contributed by atoms with Crippen LogP contribution in [0, 0.1) is 0 Å². The molecule has 0 aliphatic heterocycles. The van der Waals surface area contributed by atoms with Crippen LogP contribution in [0.2, 0.25) is 0 Å². The van der Waals surface area contributed by atoms with Gasteiger partial charge in [0.15, 0.2) is 5.45 Å². The molecule has 0 heterocycles. The highest BCUT2D eigenvalue weighted by atomic mass is 31.2. The Morgan fingerprint density at radius 3 is 2.31 bits per heavy atom. The number of carbonyl (C=O) groups excluding carboxylic acids is 1. The number of amides is 2. The maximum absolute atomic E-state index is 11.1. The Labute approximate surface area is 91.1 Å². The largest absolute Gasteiger partial charge is 0.376 e. The summed E-state index contributed by atoms with van der Waals surface area (Å²) in [6.45, 7) is 0. The van der Waals surface area contributed by atoms with Crippen LogP contribution >= 0.6 is 7.60 Å². The molecule has 0 bridgehead atoms. The van der Waals surface area contributed by atoms with Gasteiger partial charge in [0.1, 0.15) is 0 Å². The van der Waals surface area contributed by atoms with E-state index in [1.54, 1.807) is 23.6 Å². The Morgan fingerprint density at radius 2 is 1.88 bits per heavy atom. The first-order valence-electron chi connectivity index (χ1n) is 4.16. The predicted molar refractivity (Wildman–Crippen MR) is 57.7 cm³/mol. The fourth-order valence-corrected chi connectivity index (χ4v) is 1.66. The van der Waals surface area contributed by atoms with Gasteiger partial charge in [-0.05, 0) is 0 Å². The Bertz CT molecular complexity index is 454. The fourth-order valence-electron chi connectivity index (χ4n) is 0.993. The molecule has 1 aromatic rings. The number of hydrazone groups is 1. The zero-order valence-corrected chi connectivity index (χ0v) is 8.96. The van der Waals surface area contributed by atoms with Crippen molar-refractivity contribution < 1.29 is 19.1 Å². The van der Waals surface area contributed by atoms with E-state index in [-0.39, 0.29) is 5.56 Å². The minimum absolute atomic E-state index is 0.213. The summed E-state index contributed by atoms with van der Waals surface area (Å²) >= 11 is 0. The second-order valence-corrected chi connectivity index (χ2v) is 4.33. The second kappa shape index (κ2) is 4.89. The third-order valence-corrected chi connectivity index (χ3v) is 2.49. The van der Waals surface area contributed by atoms with Gasteiger partial charge in [0.2, 0.25) is 0 Å². The van der Waals surface area contributed by atoms with Crippen molar-refractivity contribution in [1.82, 2.24) is 5.43 Å². The van der Waals surface area contributed by atoms with Crippen molar-refractivity contribution in [2.45, 2.75) is 0 Å². The molecule has 16 heavy (non-hydrogen) atoms. The highest BCUT2D eigenvalue weighted by molar-refractivity contribution is 7.71. The standard InChI is InChI=1S/C8H10N3O4P/c9-8(12)11-10-7(16(13,14)15)6-4-2-1-3-5-6/h1-5H,(H3,9,11,12)(H2,13,14,15)/b10-7+. The lowest BCUT2D eigenvalue weighted by atomic mass is 10.2. The van der Waals surface area contributed by atoms with Crippen LogP contribution in [0.1, 0.15) is 5.56 Å². The molecule has 0 radical (unpaired) electrons. The maximum Gasteiger partial charge on any atom is 0.376 e. The molecule has 8 heteroatoms. The Hall–Kier alpha value is -1.69. The van der Waals surface area contributed by atoms with Crippen molar-refractivity contribution in [3.63, 3.8) is 0 Å². The average Bonchev–Trinajstić information content (AvgIpc) is 2.17. The number of nitrogens with zero attached hydrogens (tertiary/aromatic N) is 1. The van der Waals surface area contributed by atoms with Gasteiger partial charge in [0, 0.05) is 5.56 Å². The molecule has 2 amide bonds. The number of hydrogen-bond acceptors (Lipinski definition) is 3. The molecule has 5 N–H and O–H groups in total.